The van der Waals surface area contributed by atoms with Crippen LogP contribution in [0.15, 0.2) is 24.3 Å². The Bertz CT molecular complexity index is 685. The van der Waals surface area contributed by atoms with E-state index in [-0.39, 0.29) is 5.56 Å². The minimum absolute atomic E-state index is 0.155. The van der Waals surface area contributed by atoms with E-state index < -0.39 is 11.9 Å². The summed E-state index contributed by atoms with van der Waals surface area (Å²) in [5.74, 6) is -1.58. The molecule has 0 aliphatic rings. The summed E-state index contributed by atoms with van der Waals surface area (Å²) in [7, 11) is 0. The lowest BCUT2D eigenvalue weighted by molar-refractivity contribution is -0.131. The van der Waals surface area contributed by atoms with Crippen molar-refractivity contribution in [3.8, 4) is 0 Å². The molecule has 98 valence electrons. The van der Waals surface area contributed by atoms with Crippen molar-refractivity contribution in [2.45, 2.75) is 13.5 Å². The Hall–Kier alpha value is -2.63. The lowest BCUT2D eigenvalue weighted by Crippen LogP contribution is -1.98. The van der Waals surface area contributed by atoms with Gasteiger partial charge >= 0.3 is 11.9 Å². The summed E-state index contributed by atoms with van der Waals surface area (Å²) in [5, 5.41) is 17.6. The highest BCUT2D eigenvalue weighted by atomic mass is 16.4. The second-order valence-corrected chi connectivity index (χ2v) is 3.89. The second-order valence-electron chi connectivity index (χ2n) is 3.89. The van der Waals surface area contributed by atoms with Gasteiger partial charge in [0, 0.05) is 12.6 Å². The lowest BCUT2D eigenvalue weighted by Gasteiger charge is -2.02. The van der Waals surface area contributed by atoms with Crippen molar-refractivity contribution in [1.82, 2.24) is 9.55 Å². The molecule has 0 aliphatic carbocycles. The zero-order valence-electron chi connectivity index (χ0n) is 10.2. The molecule has 0 atom stereocenters. The summed E-state index contributed by atoms with van der Waals surface area (Å²) < 4.78 is 1.82. The van der Waals surface area contributed by atoms with Crippen LogP contribution in [0, 0.1) is 0 Å². The van der Waals surface area contributed by atoms with Crippen LogP contribution in [0.25, 0.3) is 17.1 Å². The highest BCUT2D eigenvalue weighted by Gasteiger charge is 2.10. The van der Waals surface area contributed by atoms with Crippen LogP contribution in [0.3, 0.4) is 0 Å². The number of aryl methyl sites for hydroxylation is 1. The van der Waals surface area contributed by atoms with E-state index in [1.54, 1.807) is 6.07 Å². The number of nitrogens with zero attached hydrogens (tertiary/aromatic N) is 2. The Morgan fingerprint density at radius 2 is 2.11 bits per heavy atom. The van der Waals surface area contributed by atoms with Crippen LogP contribution in [0.1, 0.15) is 23.1 Å². The third kappa shape index (κ3) is 2.47. The highest BCUT2D eigenvalue weighted by Crippen LogP contribution is 2.19. The molecule has 1 heterocycles. The van der Waals surface area contributed by atoms with Gasteiger partial charge in [0.15, 0.2) is 0 Å². The molecule has 0 saturated heterocycles. The second kappa shape index (κ2) is 4.93. The lowest BCUT2D eigenvalue weighted by atomic mass is 10.2. The van der Waals surface area contributed by atoms with Crippen LogP contribution >= 0.6 is 0 Å². The van der Waals surface area contributed by atoms with E-state index in [4.69, 9.17) is 10.2 Å². The molecule has 1 aromatic carbocycles. The summed E-state index contributed by atoms with van der Waals surface area (Å²) in [6, 6.07) is 4.65. The molecule has 0 saturated carbocycles. The molecule has 0 radical (unpaired) electrons. The Morgan fingerprint density at radius 3 is 2.68 bits per heavy atom. The Kier molecular flexibility index (Phi) is 3.33. The number of aliphatic carboxylic acids is 1. The molecular weight excluding hydrogens is 248 g/mol. The summed E-state index contributed by atoms with van der Waals surface area (Å²) in [4.78, 5) is 25.7. The van der Waals surface area contributed by atoms with Gasteiger partial charge in [0.1, 0.15) is 5.82 Å². The Balaban J connectivity index is 2.59. The van der Waals surface area contributed by atoms with Gasteiger partial charge in [0.2, 0.25) is 0 Å². The summed E-state index contributed by atoms with van der Waals surface area (Å²) in [6.45, 7) is 2.52. The van der Waals surface area contributed by atoms with E-state index in [9.17, 15) is 9.59 Å². The zero-order valence-corrected chi connectivity index (χ0v) is 10.2. The monoisotopic (exact) mass is 260 g/mol. The minimum Gasteiger partial charge on any atom is -0.478 e. The first-order chi connectivity index (χ1) is 9.02. The maximum atomic E-state index is 10.9. The Morgan fingerprint density at radius 1 is 1.37 bits per heavy atom. The highest BCUT2D eigenvalue weighted by molar-refractivity contribution is 5.93. The number of hydrogen-bond acceptors (Lipinski definition) is 3. The van der Waals surface area contributed by atoms with Crippen molar-refractivity contribution in [3.05, 3.63) is 35.7 Å². The number of aromatic nitrogens is 2. The number of carbonyl (C=O) groups is 2. The molecule has 0 amide bonds. The molecule has 0 spiro atoms. The van der Waals surface area contributed by atoms with Gasteiger partial charge in [-0.3, -0.25) is 0 Å². The number of carboxylic acids is 2. The van der Waals surface area contributed by atoms with Crippen LogP contribution in [-0.4, -0.2) is 31.7 Å². The minimum atomic E-state index is -1.05. The predicted octanol–water partition coefficient (Wildman–Crippen LogP) is 1.85. The number of imidazole rings is 1. The first-order valence-corrected chi connectivity index (χ1v) is 5.67. The fraction of sp³-hybridized carbons (Fsp3) is 0.154. The van der Waals surface area contributed by atoms with E-state index in [0.717, 1.165) is 11.6 Å². The van der Waals surface area contributed by atoms with Gasteiger partial charge in [-0.1, -0.05) is 0 Å². The van der Waals surface area contributed by atoms with Crippen molar-refractivity contribution >= 4 is 29.0 Å². The molecule has 0 aliphatic heterocycles. The van der Waals surface area contributed by atoms with Crippen LogP contribution in [0.4, 0.5) is 0 Å². The van der Waals surface area contributed by atoms with E-state index in [2.05, 4.69) is 4.98 Å². The molecule has 19 heavy (non-hydrogen) atoms. The van der Waals surface area contributed by atoms with E-state index in [1.165, 1.54) is 18.2 Å². The number of rotatable bonds is 4. The standard InChI is InChI=1S/C13H12N2O4/c1-2-15-10-4-3-8(13(18)19)7-9(10)14-11(15)5-6-12(16)17/h3-7H,2H2,1H3,(H,16,17)(H,18,19)/b6-5+. The zero-order chi connectivity index (χ0) is 14.0. The molecule has 6 heteroatoms. The largest absolute Gasteiger partial charge is 0.478 e. The third-order valence-corrected chi connectivity index (χ3v) is 2.72. The smallest absolute Gasteiger partial charge is 0.335 e. The van der Waals surface area contributed by atoms with Gasteiger partial charge in [-0.25, -0.2) is 14.6 Å². The third-order valence-electron chi connectivity index (χ3n) is 2.72. The number of fused-ring (bicyclic) bond motifs is 1. The first kappa shape index (κ1) is 12.8. The molecule has 1 aromatic heterocycles. The molecule has 0 bridgehead atoms. The molecular formula is C13H12N2O4. The fourth-order valence-corrected chi connectivity index (χ4v) is 1.89. The fourth-order valence-electron chi connectivity index (χ4n) is 1.89. The molecule has 0 unspecified atom stereocenters. The van der Waals surface area contributed by atoms with Crippen molar-refractivity contribution in [3.63, 3.8) is 0 Å². The maximum Gasteiger partial charge on any atom is 0.335 e. The molecule has 2 aromatic rings. The van der Waals surface area contributed by atoms with Crippen molar-refractivity contribution in [2.24, 2.45) is 0 Å². The molecule has 0 fully saturated rings. The van der Waals surface area contributed by atoms with E-state index in [1.807, 2.05) is 11.5 Å². The van der Waals surface area contributed by atoms with Gasteiger partial charge in [0.05, 0.1) is 16.6 Å². The van der Waals surface area contributed by atoms with Crippen molar-refractivity contribution in [1.29, 1.82) is 0 Å². The number of aromatic carboxylic acids is 1. The average Bonchev–Trinajstić information content (AvgIpc) is 2.72. The van der Waals surface area contributed by atoms with E-state index >= 15 is 0 Å². The van der Waals surface area contributed by atoms with Gasteiger partial charge < -0.3 is 14.8 Å². The van der Waals surface area contributed by atoms with Crippen LogP contribution in [0.2, 0.25) is 0 Å². The van der Waals surface area contributed by atoms with Gasteiger partial charge in [-0.2, -0.15) is 0 Å². The van der Waals surface area contributed by atoms with Crippen LogP contribution in [-0.2, 0) is 11.3 Å². The maximum absolute atomic E-state index is 10.9. The molecule has 6 nitrogen and oxygen atoms in total. The number of benzene rings is 1. The summed E-state index contributed by atoms with van der Waals surface area (Å²) >= 11 is 0. The SMILES string of the molecule is CCn1c(/C=C/C(=O)O)nc2cc(C(=O)O)ccc21. The average molecular weight is 260 g/mol. The van der Waals surface area contributed by atoms with Crippen molar-refractivity contribution in [2.75, 3.05) is 0 Å². The van der Waals surface area contributed by atoms with Gasteiger partial charge in [-0.15, -0.1) is 0 Å². The summed E-state index contributed by atoms with van der Waals surface area (Å²) in [5.41, 5.74) is 1.46. The van der Waals surface area contributed by atoms with Crippen LogP contribution in [0.5, 0.6) is 0 Å². The predicted molar refractivity (Wildman–Crippen MR) is 69.0 cm³/mol. The summed E-state index contributed by atoms with van der Waals surface area (Å²) in [6.07, 6.45) is 2.40. The van der Waals surface area contributed by atoms with Gasteiger partial charge in [0.25, 0.3) is 0 Å². The Labute approximate surface area is 108 Å². The normalized spacial score (nSPS) is 11.2. The van der Waals surface area contributed by atoms with Gasteiger partial charge in [-0.05, 0) is 31.2 Å². The number of carboxylic acid groups (broad SMARTS) is 2. The topological polar surface area (TPSA) is 92.4 Å². The first-order valence-electron chi connectivity index (χ1n) is 5.67. The van der Waals surface area contributed by atoms with E-state index in [0.29, 0.717) is 17.9 Å². The molecule has 2 N–H and O–H groups in total. The van der Waals surface area contributed by atoms with Crippen molar-refractivity contribution < 1.29 is 19.8 Å². The molecule has 2 rings (SSSR count). The van der Waals surface area contributed by atoms with Crippen LogP contribution < -0.4 is 0 Å². The quantitative estimate of drug-likeness (QED) is 0.818. The number of hydrogen-bond donors (Lipinski definition) is 2.